The van der Waals surface area contributed by atoms with E-state index in [1.807, 2.05) is 42.5 Å². The average molecular weight is 388 g/mol. The monoisotopic (exact) mass is 388 g/mol. The minimum Gasteiger partial charge on any atom is -0.463 e. The van der Waals surface area contributed by atoms with Crippen LogP contribution in [0.15, 0.2) is 42.5 Å². The zero-order valence-electron chi connectivity index (χ0n) is 13.2. The van der Waals surface area contributed by atoms with Gasteiger partial charge < -0.3 is 9.47 Å². The van der Waals surface area contributed by atoms with E-state index in [0.29, 0.717) is 6.42 Å². The van der Waals surface area contributed by atoms with E-state index in [2.05, 4.69) is 4.74 Å². The lowest BCUT2D eigenvalue weighted by atomic mass is 10.0. The third kappa shape index (κ3) is 4.52. The first-order valence-corrected chi connectivity index (χ1v) is 8.71. The number of ether oxygens (including phenoxy) is 2. The Morgan fingerprint density at radius 3 is 2.38 bits per heavy atom. The number of carbonyl (C=O) groups is 2. The summed E-state index contributed by atoms with van der Waals surface area (Å²) in [4.78, 5) is 22.4. The number of carbonyl (C=O) groups excluding carboxylic acids is 2. The molecule has 7 nitrogen and oxygen atoms in total. The second-order valence-corrected chi connectivity index (χ2v) is 6.64. The molecule has 0 heterocycles. The second-order valence-electron chi connectivity index (χ2n) is 5.18. The number of hydrogen-bond acceptors (Lipinski definition) is 6. The molecule has 0 spiro atoms. The summed E-state index contributed by atoms with van der Waals surface area (Å²) >= 11 is 0. The van der Waals surface area contributed by atoms with Gasteiger partial charge in [-0.2, -0.15) is 17.2 Å². The number of fused-ring (bicyclic) bond motifs is 1. The molecule has 2 aromatic rings. The summed E-state index contributed by atoms with van der Waals surface area (Å²) in [5, 5.41) is -3.20. The smallest absolute Gasteiger partial charge is 0.463 e. The van der Waals surface area contributed by atoms with Crippen LogP contribution in [0.5, 0.6) is 0 Å². The molecule has 140 valence electrons. The fourth-order valence-corrected chi connectivity index (χ4v) is 2.41. The Labute approximate surface area is 147 Å². The summed E-state index contributed by atoms with van der Waals surface area (Å²) in [5.74, 6) is -3.70. The Hall–Kier alpha value is -2.59. The topological polar surface area (TPSA) is 107 Å². The van der Waals surface area contributed by atoms with Crippen LogP contribution in [-0.2, 0) is 35.6 Å². The van der Waals surface area contributed by atoms with E-state index < -0.39 is 33.9 Å². The molecular formula is C16H14F2O7S. The van der Waals surface area contributed by atoms with Crippen LogP contribution >= 0.6 is 0 Å². The van der Waals surface area contributed by atoms with Gasteiger partial charge in [0.2, 0.25) is 0 Å². The fourth-order valence-electron chi connectivity index (χ4n) is 2.14. The number of hydrogen-bond donors (Lipinski definition) is 1. The van der Waals surface area contributed by atoms with Crippen LogP contribution < -0.4 is 0 Å². The van der Waals surface area contributed by atoms with Gasteiger partial charge in [0.1, 0.15) is 0 Å². The molecule has 1 N–H and O–H groups in total. The van der Waals surface area contributed by atoms with Crippen molar-refractivity contribution in [2.24, 2.45) is 0 Å². The molecule has 0 saturated carbocycles. The largest absolute Gasteiger partial charge is 0.465 e. The Kier molecular flexibility index (Phi) is 5.88. The van der Waals surface area contributed by atoms with Gasteiger partial charge in [-0.1, -0.05) is 42.5 Å². The standard InChI is InChI=1S/C16H14F2O7S/c17-16(18,26(21,22)23)15(20)25-10-14(19)24-9-8-12-6-3-5-11-4-1-2-7-13(11)12/h1-7H,8-10H2,(H,21,22,23). The second kappa shape index (κ2) is 7.75. The number of alkyl halides is 2. The van der Waals surface area contributed by atoms with Crippen LogP contribution in [0.1, 0.15) is 5.56 Å². The highest BCUT2D eigenvalue weighted by molar-refractivity contribution is 7.87. The predicted molar refractivity (Wildman–Crippen MR) is 86.1 cm³/mol. The molecule has 2 rings (SSSR count). The molecule has 0 amide bonds. The minimum atomic E-state index is -5.98. The molecular weight excluding hydrogens is 374 g/mol. The zero-order chi connectivity index (χ0) is 19.4. The molecule has 0 unspecified atom stereocenters. The molecule has 0 aliphatic rings. The summed E-state index contributed by atoms with van der Waals surface area (Å²) < 4.78 is 63.5. The van der Waals surface area contributed by atoms with E-state index in [0.717, 1.165) is 16.3 Å². The fraction of sp³-hybridized carbons (Fsp3) is 0.250. The molecule has 0 atom stereocenters. The number of halogens is 2. The van der Waals surface area contributed by atoms with Crippen LogP contribution in [0.4, 0.5) is 8.78 Å². The van der Waals surface area contributed by atoms with Gasteiger partial charge in [0, 0.05) is 6.42 Å². The van der Waals surface area contributed by atoms with Gasteiger partial charge in [-0.05, 0) is 16.3 Å². The first-order chi connectivity index (χ1) is 12.1. The minimum absolute atomic E-state index is 0.0981. The first-order valence-electron chi connectivity index (χ1n) is 7.27. The molecule has 0 saturated heterocycles. The van der Waals surface area contributed by atoms with Crippen molar-refractivity contribution in [2.75, 3.05) is 13.2 Å². The van der Waals surface area contributed by atoms with Gasteiger partial charge in [0.25, 0.3) is 0 Å². The van der Waals surface area contributed by atoms with E-state index in [1.165, 1.54) is 0 Å². The van der Waals surface area contributed by atoms with Gasteiger partial charge in [-0.25, -0.2) is 9.59 Å². The summed E-state index contributed by atoms with van der Waals surface area (Å²) in [6.07, 6.45) is 0.336. The van der Waals surface area contributed by atoms with Gasteiger partial charge in [0.15, 0.2) is 6.61 Å². The zero-order valence-corrected chi connectivity index (χ0v) is 14.0. The molecule has 0 radical (unpaired) electrons. The quantitative estimate of drug-likeness (QED) is 0.571. The van der Waals surface area contributed by atoms with Gasteiger partial charge in [-0.3, -0.25) is 4.55 Å². The van der Waals surface area contributed by atoms with Crippen molar-refractivity contribution in [1.29, 1.82) is 0 Å². The van der Waals surface area contributed by atoms with Crippen molar-refractivity contribution in [2.45, 2.75) is 11.7 Å². The highest BCUT2D eigenvalue weighted by Gasteiger charge is 2.54. The maximum atomic E-state index is 12.9. The van der Waals surface area contributed by atoms with E-state index in [4.69, 9.17) is 9.29 Å². The molecule has 0 fully saturated rings. The van der Waals surface area contributed by atoms with Crippen LogP contribution in [0.25, 0.3) is 10.8 Å². The Bertz CT molecular complexity index is 920. The average Bonchev–Trinajstić information content (AvgIpc) is 2.58. The van der Waals surface area contributed by atoms with Crippen LogP contribution in [0, 0.1) is 0 Å². The van der Waals surface area contributed by atoms with Crippen molar-refractivity contribution < 1.29 is 40.8 Å². The number of benzene rings is 2. The van der Waals surface area contributed by atoms with Crippen molar-refractivity contribution in [3.63, 3.8) is 0 Å². The SMILES string of the molecule is O=C(COC(=O)C(F)(F)S(=O)(=O)O)OCCc1cccc2ccccc12. The van der Waals surface area contributed by atoms with Crippen molar-refractivity contribution in [3.05, 3.63) is 48.0 Å². The van der Waals surface area contributed by atoms with Crippen molar-refractivity contribution in [1.82, 2.24) is 0 Å². The molecule has 0 aliphatic heterocycles. The van der Waals surface area contributed by atoms with Crippen LogP contribution in [0.2, 0.25) is 0 Å². The third-order valence-corrected chi connectivity index (χ3v) is 4.21. The molecule has 2 aromatic carbocycles. The maximum absolute atomic E-state index is 12.9. The lowest BCUT2D eigenvalue weighted by Gasteiger charge is -2.12. The van der Waals surface area contributed by atoms with Crippen LogP contribution in [-0.4, -0.2) is 43.4 Å². The Morgan fingerprint density at radius 1 is 1.04 bits per heavy atom. The number of rotatable bonds is 7. The molecule has 10 heteroatoms. The van der Waals surface area contributed by atoms with Gasteiger partial charge >= 0.3 is 27.3 Å². The number of esters is 2. The summed E-state index contributed by atoms with van der Waals surface area (Å²) in [6.45, 7) is -1.31. The lowest BCUT2D eigenvalue weighted by molar-refractivity contribution is -0.169. The van der Waals surface area contributed by atoms with E-state index >= 15 is 0 Å². The first kappa shape index (κ1) is 19.7. The summed E-state index contributed by atoms with van der Waals surface area (Å²) in [7, 11) is -5.98. The van der Waals surface area contributed by atoms with Gasteiger partial charge in [-0.15, -0.1) is 0 Å². The van der Waals surface area contributed by atoms with E-state index in [9.17, 15) is 26.8 Å². The lowest BCUT2D eigenvalue weighted by Crippen LogP contribution is -2.39. The summed E-state index contributed by atoms with van der Waals surface area (Å²) in [5.41, 5.74) is 0.894. The van der Waals surface area contributed by atoms with Crippen LogP contribution in [0.3, 0.4) is 0 Å². The molecule has 0 aromatic heterocycles. The summed E-state index contributed by atoms with van der Waals surface area (Å²) in [6, 6.07) is 13.1. The Balaban J connectivity index is 1.85. The molecule has 0 aliphatic carbocycles. The highest BCUT2D eigenvalue weighted by atomic mass is 32.2. The third-order valence-electron chi connectivity index (χ3n) is 3.40. The highest BCUT2D eigenvalue weighted by Crippen LogP contribution is 2.22. The van der Waals surface area contributed by atoms with Crippen molar-refractivity contribution in [3.8, 4) is 0 Å². The Morgan fingerprint density at radius 2 is 1.69 bits per heavy atom. The van der Waals surface area contributed by atoms with E-state index in [1.54, 1.807) is 0 Å². The molecule has 26 heavy (non-hydrogen) atoms. The van der Waals surface area contributed by atoms with Gasteiger partial charge in [0.05, 0.1) is 6.61 Å². The maximum Gasteiger partial charge on any atom is 0.465 e. The normalized spacial score (nSPS) is 12.0. The molecule has 0 bridgehead atoms. The van der Waals surface area contributed by atoms with Crippen molar-refractivity contribution >= 4 is 32.8 Å². The predicted octanol–water partition coefficient (Wildman–Crippen LogP) is 1.95. The van der Waals surface area contributed by atoms with E-state index in [-0.39, 0.29) is 6.61 Å².